The Kier molecular flexibility index (Phi) is 5.96. The first-order valence-corrected chi connectivity index (χ1v) is 8.99. The second kappa shape index (κ2) is 7.57. The van der Waals surface area contributed by atoms with Gasteiger partial charge in [0.15, 0.2) is 0 Å². The number of halogens is 2. The van der Waals surface area contributed by atoms with Crippen molar-refractivity contribution in [2.45, 2.75) is 17.7 Å². The minimum absolute atomic E-state index is 0.0157. The van der Waals surface area contributed by atoms with Crippen LogP contribution in [0.1, 0.15) is 12.8 Å². The van der Waals surface area contributed by atoms with Gasteiger partial charge in [0.05, 0.1) is 11.4 Å². The van der Waals surface area contributed by atoms with Crippen molar-refractivity contribution >= 4 is 27.6 Å². The molecule has 0 spiro atoms. The topological polar surface area (TPSA) is 86.7 Å². The molecule has 1 saturated heterocycles. The van der Waals surface area contributed by atoms with E-state index in [9.17, 15) is 17.6 Å². The number of carboxylic acids is 1. The smallest absolute Gasteiger partial charge is 0.317 e. The number of hydrogen-bond donors (Lipinski definition) is 2. The summed E-state index contributed by atoms with van der Waals surface area (Å²) in [6.45, 7) is 0.875. The summed E-state index contributed by atoms with van der Waals surface area (Å²) in [6, 6.07) is 3.23. The molecule has 1 aliphatic rings. The van der Waals surface area contributed by atoms with Gasteiger partial charge >= 0.3 is 5.97 Å². The summed E-state index contributed by atoms with van der Waals surface area (Å²) in [6.07, 6.45) is 1.48. The third-order valence-corrected chi connectivity index (χ3v) is 5.73. The highest BCUT2D eigenvalue weighted by atomic mass is 35.5. The molecule has 128 valence electrons. The van der Waals surface area contributed by atoms with Gasteiger partial charge in [-0.25, -0.2) is 12.8 Å². The number of nitrogens with one attached hydrogen (secondary N) is 1. The van der Waals surface area contributed by atoms with Gasteiger partial charge < -0.3 is 10.4 Å². The van der Waals surface area contributed by atoms with Crippen LogP contribution in [0.15, 0.2) is 23.1 Å². The van der Waals surface area contributed by atoms with Gasteiger partial charge in [0.25, 0.3) is 0 Å². The van der Waals surface area contributed by atoms with Crippen molar-refractivity contribution in [3.8, 4) is 0 Å². The predicted octanol–water partition coefficient (Wildman–Crippen LogP) is 1.55. The van der Waals surface area contributed by atoms with Crippen LogP contribution >= 0.6 is 11.6 Å². The van der Waals surface area contributed by atoms with Crippen molar-refractivity contribution in [1.29, 1.82) is 0 Å². The van der Waals surface area contributed by atoms with Gasteiger partial charge in [-0.15, -0.1) is 0 Å². The van der Waals surface area contributed by atoms with Crippen molar-refractivity contribution < 1.29 is 22.7 Å². The van der Waals surface area contributed by atoms with Gasteiger partial charge in [-0.1, -0.05) is 11.6 Å². The molecular formula is C14H18ClFN2O4S. The second-order valence-corrected chi connectivity index (χ2v) is 7.88. The molecule has 1 fully saturated rings. The van der Waals surface area contributed by atoms with Crippen molar-refractivity contribution in [3.05, 3.63) is 29.0 Å². The Bertz CT molecular complexity index is 663. The molecule has 1 aliphatic heterocycles. The Morgan fingerprint density at radius 1 is 1.43 bits per heavy atom. The highest BCUT2D eigenvalue weighted by molar-refractivity contribution is 7.89. The molecule has 0 aliphatic carbocycles. The van der Waals surface area contributed by atoms with Gasteiger partial charge in [0.1, 0.15) is 5.82 Å². The van der Waals surface area contributed by atoms with E-state index in [1.807, 2.05) is 0 Å². The molecule has 1 aromatic carbocycles. The molecule has 0 amide bonds. The van der Waals surface area contributed by atoms with Crippen LogP contribution in [-0.4, -0.2) is 50.0 Å². The van der Waals surface area contributed by atoms with Crippen LogP contribution in [0.25, 0.3) is 0 Å². The van der Waals surface area contributed by atoms with Crippen LogP contribution < -0.4 is 5.32 Å². The van der Waals surface area contributed by atoms with Crippen molar-refractivity contribution in [3.63, 3.8) is 0 Å². The lowest BCUT2D eigenvalue weighted by Crippen LogP contribution is -2.43. The third-order valence-electron chi connectivity index (χ3n) is 3.66. The quantitative estimate of drug-likeness (QED) is 0.799. The normalized spacial score (nSPS) is 19.7. The minimum Gasteiger partial charge on any atom is -0.480 e. The van der Waals surface area contributed by atoms with E-state index >= 15 is 0 Å². The molecule has 0 radical (unpaired) electrons. The fourth-order valence-corrected chi connectivity index (χ4v) is 4.52. The van der Waals surface area contributed by atoms with Gasteiger partial charge in [-0.3, -0.25) is 4.79 Å². The molecule has 2 N–H and O–H groups in total. The Morgan fingerprint density at radius 2 is 2.17 bits per heavy atom. The summed E-state index contributed by atoms with van der Waals surface area (Å²) < 4.78 is 39.9. The van der Waals surface area contributed by atoms with Crippen molar-refractivity contribution in [2.75, 3.05) is 26.2 Å². The molecule has 0 bridgehead atoms. The third kappa shape index (κ3) is 4.87. The minimum atomic E-state index is -3.82. The van der Waals surface area contributed by atoms with Gasteiger partial charge in [-0.05, 0) is 43.5 Å². The first-order valence-electron chi connectivity index (χ1n) is 7.18. The maximum absolute atomic E-state index is 13.4. The Hall–Kier alpha value is -1.22. The average Bonchev–Trinajstić information content (AvgIpc) is 2.46. The lowest BCUT2D eigenvalue weighted by Gasteiger charge is -2.32. The largest absolute Gasteiger partial charge is 0.480 e. The highest BCUT2D eigenvalue weighted by Gasteiger charge is 2.30. The highest BCUT2D eigenvalue weighted by Crippen LogP contribution is 2.26. The molecular weight excluding hydrogens is 347 g/mol. The fourth-order valence-electron chi connectivity index (χ4n) is 2.62. The predicted molar refractivity (Wildman–Crippen MR) is 83.4 cm³/mol. The molecule has 0 saturated carbocycles. The van der Waals surface area contributed by atoms with Crippen LogP contribution in [-0.2, 0) is 14.8 Å². The van der Waals surface area contributed by atoms with Crippen molar-refractivity contribution in [2.24, 2.45) is 5.92 Å². The number of nitrogens with zero attached hydrogens (tertiary/aromatic N) is 1. The van der Waals surface area contributed by atoms with Crippen LogP contribution in [0.4, 0.5) is 4.39 Å². The fraction of sp³-hybridized carbons (Fsp3) is 0.500. The van der Waals surface area contributed by atoms with Crippen molar-refractivity contribution in [1.82, 2.24) is 9.62 Å². The molecule has 1 heterocycles. The van der Waals surface area contributed by atoms with E-state index in [2.05, 4.69) is 5.32 Å². The number of hydrogen-bond acceptors (Lipinski definition) is 4. The summed E-state index contributed by atoms with van der Waals surface area (Å²) in [4.78, 5) is 10.3. The van der Waals surface area contributed by atoms with E-state index < -0.39 is 21.8 Å². The summed E-state index contributed by atoms with van der Waals surface area (Å²) >= 11 is 5.73. The Morgan fingerprint density at radius 3 is 2.83 bits per heavy atom. The summed E-state index contributed by atoms with van der Waals surface area (Å²) in [5, 5.41) is 11.4. The van der Waals surface area contributed by atoms with Crippen LogP contribution in [0.2, 0.25) is 5.02 Å². The summed E-state index contributed by atoms with van der Waals surface area (Å²) in [7, 11) is -3.82. The first kappa shape index (κ1) is 18.1. The SMILES string of the molecule is O=C(O)CNCC1CCCN(S(=O)(=O)c2cc(F)cc(Cl)c2)C1. The van der Waals surface area contributed by atoms with E-state index in [-0.39, 0.29) is 28.9 Å². The number of piperidine rings is 1. The Labute approximate surface area is 139 Å². The van der Waals surface area contributed by atoms with Gasteiger partial charge in [0.2, 0.25) is 10.0 Å². The maximum Gasteiger partial charge on any atom is 0.317 e. The maximum atomic E-state index is 13.4. The zero-order valence-corrected chi connectivity index (χ0v) is 13.9. The Balaban J connectivity index is 2.08. The molecule has 23 heavy (non-hydrogen) atoms. The number of sulfonamides is 1. The van der Waals surface area contributed by atoms with E-state index in [1.54, 1.807) is 0 Å². The monoisotopic (exact) mass is 364 g/mol. The molecule has 1 atom stereocenters. The van der Waals surface area contributed by atoms with Crippen LogP contribution in [0, 0.1) is 11.7 Å². The molecule has 6 nitrogen and oxygen atoms in total. The molecule has 2 rings (SSSR count). The number of carbonyl (C=O) groups is 1. The summed E-state index contributed by atoms with van der Waals surface area (Å²) in [5.74, 6) is -1.64. The van der Waals surface area contributed by atoms with E-state index in [1.165, 1.54) is 10.4 Å². The summed E-state index contributed by atoms with van der Waals surface area (Å²) in [5.41, 5.74) is 0. The van der Waals surface area contributed by atoms with E-state index in [0.29, 0.717) is 19.5 Å². The van der Waals surface area contributed by atoms with Gasteiger partial charge in [-0.2, -0.15) is 4.31 Å². The van der Waals surface area contributed by atoms with Crippen LogP contribution in [0.5, 0.6) is 0 Å². The standard InChI is InChI=1S/C14H18ClFN2O4S/c15-11-4-12(16)6-13(5-11)23(21,22)18-3-1-2-10(9-18)7-17-8-14(19)20/h4-6,10,17H,1-3,7-9H2,(H,19,20). The first-order chi connectivity index (χ1) is 10.8. The lowest BCUT2D eigenvalue weighted by molar-refractivity contribution is -0.136. The van der Waals surface area contributed by atoms with E-state index in [0.717, 1.165) is 18.6 Å². The number of benzene rings is 1. The lowest BCUT2D eigenvalue weighted by atomic mass is 10.00. The zero-order chi connectivity index (χ0) is 17.0. The molecule has 9 heteroatoms. The number of rotatable bonds is 6. The number of carboxylic acid groups (broad SMARTS) is 1. The van der Waals surface area contributed by atoms with Gasteiger partial charge in [0, 0.05) is 18.1 Å². The molecule has 1 aromatic rings. The number of aliphatic carboxylic acids is 1. The second-order valence-electron chi connectivity index (χ2n) is 5.50. The molecule has 0 aromatic heterocycles. The zero-order valence-electron chi connectivity index (χ0n) is 12.3. The molecule has 1 unspecified atom stereocenters. The van der Waals surface area contributed by atoms with Crippen LogP contribution in [0.3, 0.4) is 0 Å². The van der Waals surface area contributed by atoms with E-state index in [4.69, 9.17) is 16.7 Å². The average molecular weight is 365 g/mol.